The number of hydrogen-bond acceptors (Lipinski definition) is 6. The fourth-order valence-electron chi connectivity index (χ4n) is 4.90. The summed E-state index contributed by atoms with van der Waals surface area (Å²) in [7, 11) is 0. The molecule has 5 rings (SSSR count). The maximum atomic E-state index is 12.5. The minimum Gasteiger partial charge on any atom is -0.474 e. The van der Waals surface area contributed by atoms with Crippen LogP contribution in [0.15, 0.2) is 41.8 Å². The molecule has 2 aliphatic rings. The average Bonchev–Trinajstić information content (AvgIpc) is 3.17. The molecule has 1 spiro atoms. The zero-order valence-electron chi connectivity index (χ0n) is 17.3. The molecule has 0 saturated heterocycles. The number of nitrogens with two attached hydrogens (primary N) is 1. The number of nitrogens with one attached hydrogen (secondary N) is 1. The summed E-state index contributed by atoms with van der Waals surface area (Å²) in [5, 5.41) is 14.0. The number of benzene rings is 1. The van der Waals surface area contributed by atoms with Crippen molar-refractivity contribution < 1.29 is 14.3 Å². The number of amides is 2. The fraction of sp³-hybridized carbons (Fsp3) is 0.333. The van der Waals surface area contributed by atoms with E-state index in [0.29, 0.717) is 17.0 Å². The zero-order valence-corrected chi connectivity index (χ0v) is 18.2. The van der Waals surface area contributed by atoms with Crippen molar-refractivity contribution in [2.45, 2.75) is 44.2 Å². The molecule has 2 amide bonds. The van der Waals surface area contributed by atoms with Gasteiger partial charge in [0.1, 0.15) is 6.10 Å². The van der Waals surface area contributed by atoms with Crippen molar-refractivity contribution in [3.63, 3.8) is 0 Å². The summed E-state index contributed by atoms with van der Waals surface area (Å²) >= 11 is 1.57. The van der Waals surface area contributed by atoms with Crippen LogP contribution in [0.3, 0.4) is 0 Å². The van der Waals surface area contributed by atoms with Crippen molar-refractivity contribution in [1.29, 1.82) is 5.26 Å². The molecule has 8 heteroatoms. The van der Waals surface area contributed by atoms with Crippen molar-refractivity contribution in [3.05, 3.63) is 58.5 Å². The minimum absolute atomic E-state index is 0.0502. The van der Waals surface area contributed by atoms with Crippen LogP contribution >= 0.6 is 11.3 Å². The van der Waals surface area contributed by atoms with Crippen LogP contribution in [0.25, 0.3) is 10.2 Å². The number of primary amides is 1. The number of thiophene rings is 1. The lowest BCUT2D eigenvalue weighted by atomic mass is 9.53. The first-order valence-corrected chi connectivity index (χ1v) is 11.4. The third kappa shape index (κ3) is 3.92. The highest BCUT2D eigenvalue weighted by Crippen LogP contribution is 2.56. The van der Waals surface area contributed by atoms with E-state index in [1.807, 2.05) is 17.5 Å². The summed E-state index contributed by atoms with van der Waals surface area (Å²) in [6.45, 7) is 0. The van der Waals surface area contributed by atoms with Crippen LogP contribution in [-0.4, -0.2) is 28.9 Å². The molecule has 0 radical (unpaired) electrons. The molecule has 0 atom stereocenters. The van der Waals surface area contributed by atoms with Crippen molar-refractivity contribution in [2.75, 3.05) is 0 Å². The Morgan fingerprint density at radius 1 is 1.25 bits per heavy atom. The largest absolute Gasteiger partial charge is 0.474 e. The van der Waals surface area contributed by atoms with E-state index in [9.17, 15) is 9.59 Å². The van der Waals surface area contributed by atoms with Crippen LogP contribution in [0.2, 0.25) is 0 Å². The van der Waals surface area contributed by atoms with E-state index >= 15 is 0 Å². The highest BCUT2D eigenvalue weighted by molar-refractivity contribution is 7.17. The van der Waals surface area contributed by atoms with E-state index < -0.39 is 5.91 Å². The lowest BCUT2D eigenvalue weighted by Crippen LogP contribution is -2.58. The van der Waals surface area contributed by atoms with Gasteiger partial charge in [0.15, 0.2) is 0 Å². The Balaban J connectivity index is 1.17. The van der Waals surface area contributed by atoms with Gasteiger partial charge in [-0.3, -0.25) is 9.59 Å². The summed E-state index contributed by atoms with van der Waals surface area (Å²) in [6, 6.07) is 12.8. The highest BCUT2D eigenvalue weighted by atomic mass is 32.1. The molecule has 3 aromatic rings. The van der Waals surface area contributed by atoms with Crippen LogP contribution in [0.5, 0.6) is 5.88 Å². The number of fused-ring (bicyclic) bond motifs is 1. The molecule has 3 N–H and O–H groups in total. The normalized spacial score (nSPS) is 23.7. The van der Waals surface area contributed by atoms with Gasteiger partial charge in [-0.15, -0.1) is 11.3 Å². The van der Waals surface area contributed by atoms with E-state index in [-0.39, 0.29) is 29.9 Å². The van der Waals surface area contributed by atoms with Gasteiger partial charge in [0.05, 0.1) is 28.3 Å². The molecule has 0 aliphatic heterocycles. The van der Waals surface area contributed by atoms with Gasteiger partial charge in [-0.05, 0) is 66.8 Å². The van der Waals surface area contributed by atoms with E-state index in [4.69, 9.17) is 15.7 Å². The van der Waals surface area contributed by atoms with Gasteiger partial charge in [-0.25, -0.2) is 4.98 Å². The topological polar surface area (TPSA) is 118 Å². The molecule has 0 bridgehead atoms. The van der Waals surface area contributed by atoms with E-state index in [0.717, 1.165) is 41.5 Å². The molecule has 2 aromatic heterocycles. The highest BCUT2D eigenvalue weighted by Gasteiger charge is 2.54. The van der Waals surface area contributed by atoms with E-state index in [1.54, 1.807) is 35.6 Å². The second kappa shape index (κ2) is 7.92. The zero-order chi connectivity index (χ0) is 22.3. The predicted octanol–water partition coefficient (Wildman–Crippen LogP) is 3.32. The van der Waals surface area contributed by atoms with Gasteiger partial charge in [0, 0.05) is 17.2 Å². The number of carbonyl (C=O) groups is 2. The summed E-state index contributed by atoms with van der Waals surface area (Å²) < 4.78 is 7.18. The number of hydrogen-bond donors (Lipinski definition) is 2. The lowest BCUT2D eigenvalue weighted by molar-refractivity contribution is -0.117. The predicted molar refractivity (Wildman–Crippen MR) is 120 cm³/mol. The van der Waals surface area contributed by atoms with Crippen molar-refractivity contribution >= 4 is 33.4 Å². The maximum Gasteiger partial charge on any atom is 0.251 e. The first-order valence-electron chi connectivity index (χ1n) is 10.6. The molecule has 2 aliphatic carbocycles. The lowest BCUT2D eigenvalue weighted by Gasteiger charge is -2.57. The van der Waals surface area contributed by atoms with Crippen LogP contribution < -0.4 is 15.8 Å². The SMILES string of the molecule is N#Cc1cccc(C(=O)NC2CC3(C2)CC(Oc2nc4ccsc4cc2CC(N)=O)C3)c1. The van der Waals surface area contributed by atoms with E-state index in [1.165, 1.54) is 0 Å². The third-order valence-electron chi connectivity index (χ3n) is 6.39. The van der Waals surface area contributed by atoms with Crippen LogP contribution in [-0.2, 0) is 11.2 Å². The maximum absolute atomic E-state index is 12.5. The molecular weight excluding hydrogens is 424 g/mol. The smallest absolute Gasteiger partial charge is 0.251 e. The Hall–Kier alpha value is -3.44. The van der Waals surface area contributed by atoms with Crippen LogP contribution in [0.4, 0.5) is 0 Å². The molecule has 2 fully saturated rings. The van der Waals surface area contributed by atoms with Gasteiger partial charge in [-0.2, -0.15) is 5.26 Å². The van der Waals surface area contributed by atoms with Gasteiger partial charge in [-0.1, -0.05) is 6.07 Å². The number of carbonyl (C=O) groups excluding carboxylic acids is 2. The summed E-state index contributed by atoms with van der Waals surface area (Å²) in [4.78, 5) is 28.5. The van der Waals surface area contributed by atoms with Crippen LogP contribution in [0.1, 0.15) is 47.2 Å². The Kier molecular flexibility index (Phi) is 5.06. The van der Waals surface area contributed by atoms with Gasteiger partial charge < -0.3 is 15.8 Å². The Morgan fingerprint density at radius 3 is 2.81 bits per heavy atom. The standard InChI is InChI=1S/C24H22N4O3S/c25-13-14-2-1-3-15(6-14)22(30)27-17-9-24(10-17)11-18(12-24)31-23-16(8-21(26)29)7-20-19(28-23)4-5-32-20/h1-7,17-18H,8-12H2,(H2,26,29)(H,27,30). The number of nitriles is 1. The first-order chi connectivity index (χ1) is 15.4. The quantitative estimate of drug-likeness (QED) is 0.602. The number of ether oxygens (including phenoxy) is 1. The molecule has 1 aromatic carbocycles. The molecule has 2 saturated carbocycles. The van der Waals surface area contributed by atoms with Gasteiger partial charge in [0.2, 0.25) is 11.8 Å². The Labute approximate surface area is 189 Å². The minimum atomic E-state index is -0.407. The van der Waals surface area contributed by atoms with Crippen LogP contribution in [0, 0.1) is 16.7 Å². The summed E-state index contributed by atoms with van der Waals surface area (Å²) in [5.41, 5.74) is 8.19. The Bertz CT molecular complexity index is 1250. The second-order valence-corrected chi connectivity index (χ2v) is 9.77. The van der Waals surface area contributed by atoms with Crippen molar-refractivity contribution in [1.82, 2.24) is 10.3 Å². The van der Waals surface area contributed by atoms with E-state index in [2.05, 4.69) is 16.4 Å². The number of rotatable bonds is 6. The summed E-state index contributed by atoms with van der Waals surface area (Å²) in [6.07, 6.45) is 3.80. The first kappa shape index (κ1) is 20.5. The molecule has 0 unspecified atom stereocenters. The molecule has 162 valence electrons. The van der Waals surface area contributed by atoms with Gasteiger partial charge >= 0.3 is 0 Å². The average molecular weight is 447 g/mol. The second-order valence-electron chi connectivity index (χ2n) is 8.82. The van der Waals surface area contributed by atoms with Crippen molar-refractivity contribution in [3.8, 4) is 11.9 Å². The fourth-order valence-corrected chi connectivity index (χ4v) is 5.69. The monoisotopic (exact) mass is 446 g/mol. The molecule has 7 nitrogen and oxygen atoms in total. The molecule has 32 heavy (non-hydrogen) atoms. The van der Waals surface area contributed by atoms with Gasteiger partial charge in [0.25, 0.3) is 5.91 Å². The van der Waals surface area contributed by atoms with Crippen molar-refractivity contribution in [2.24, 2.45) is 11.1 Å². The molecular formula is C24H22N4O3S. The summed E-state index contributed by atoms with van der Waals surface area (Å²) in [5.74, 6) is -0.0509. The molecule has 2 heterocycles. The number of nitrogens with zero attached hydrogens (tertiary/aromatic N) is 2. The number of aromatic nitrogens is 1. The number of pyridine rings is 1. The third-order valence-corrected chi connectivity index (χ3v) is 7.24. The Morgan fingerprint density at radius 2 is 2.06 bits per heavy atom.